The molecule has 3 heteroatoms. The molecule has 0 aromatic rings. The average molecular weight is 227 g/mol. The van der Waals surface area contributed by atoms with E-state index < -0.39 is 0 Å². The number of rotatable bonds is 2. The third-order valence-electron chi connectivity index (χ3n) is 4.44. The number of aliphatic hydroxyl groups is 1. The Morgan fingerprint density at radius 2 is 2.20 bits per heavy atom. The maximum absolute atomic E-state index is 10.2. The first kappa shape index (κ1) is 10.4. The van der Waals surface area contributed by atoms with Gasteiger partial charge in [0, 0.05) is 18.0 Å². The summed E-state index contributed by atoms with van der Waals surface area (Å²) >= 11 is 2.09. The first-order chi connectivity index (χ1) is 7.33. The van der Waals surface area contributed by atoms with Crippen LogP contribution in [-0.2, 0) is 0 Å². The molecule has 0 aromatic heterocycles. The Balaban J connectivity index is 1.62. The van der Waals surface area contributed by atoms with Gasteiger partial charge < -0.3 is 10.4 Å². The van der Waals surface area contributed by atoms with Gasteiger partial charge in [-0.2, -0.15) is 11.8 Å². The standard InChI is InChI=1S/C12H21NOS/c14-12-6-9-1-2-11(13-9)10(12)5-8-3-4-15-7-8/h8-14H,1-7H2. The molecular weight excluding hydrogens is 206 g/mol. The Morgan fingerprint density at radius 3 is 3.00 bits per heavy atom. The predicted octanol–water partition coefficient (Wildman–Crippen LogP) is 1.63. The smallest absolute Gasteiger partial charge is 0.0598 e. The number of hydrogen-bond donors (Lipinski definition) is 2. The summed E-state index contributed by atoms with van der Waals surface area (Å²) in [7, 11) is 0. The van der Waals surface area contributed by atoms with E-state index in [4.69, 9.17) is 0 Å². The minimum atomic E-state index is -0.0191. The fraction of sp³-hybridized carbons (Fsp3) is 1.00. The lowest BCUT2D eigenvalue weighted by Gasteiger charge is -2.36. The van der Waals surface area contributed by atoms with Crippen LogP contribution in [0.2, 0.25) is 0 Å². The van der Waals surface area contributed by atoms with Crippen LogP contribution in [0.15, 0.2) is 0 Å². The van der Waals surface area contributed by atoms with Gasteiger partial charge in [-0.1, -0.05) is 0 Å². The monoisotopic (exact) mass is 227 g/mol. The Kier molecular flexibility index (Phi) is 2.97. The van der Waals surface area contributed by atoms with Crippen LogP contribution < -0.4 is 5.32 Å². The number of piperidine rings is 1. The fourth-order valence-corrected chi connectivity index (χ4v) is 4.89. The van der Waals surface area contributed by atoms with Crippen molar-refractivity contribution in [2.75, 3.05) is 11.5 Å². The second-order valence-electron chi connectivity index (χ2n) is 5.48. The molecule has 2 bridgehead atoms. The van der Waals surface area contributed by atoms with Crippen molar-refractivity contribution in [3.05, 3.63) is 0 Å². The SMILES string of the molecule is OC1CC2CCC(N2)C1CC1CCSC1. The first-order valence-electron chi connectivity index (χ1n) is 6.35. The molecule has 3 aliphatic rings. The molecular formula is C12H21NOS. The number of thioether (sulfide) groups is 1. The van der Waals surface area contributed by atoms with Gasteiger partial charge in [0.15, 0.2) is 0 Å². The van der Waals surface area contributed by atoms with Gasteiger partial charge in [0.2, 0.25) is 0 Å². The molecule has 3 saturated heterocycles. The van der Waals surface area contributed by atoms with E-state index in [1.54, 1.807) is 0 Å². The van der Waals surface area contributed by atoms with Crippen molar-refractivity contribution in [3.63, 3.8) is 0 Å². The van der Waals surface area contributed by atoms with Gasteiger partial charge in [0.05, 0.1) is 6.10 Å². The molecule has 5 atom stereocenters. The highest BCUT2D eigenvalue weighted by molar-refractivity contribution is 7.99. The van der Waals surface area contributed by atoms with E-state index in [0.29, 0.717) is 18.0 Å². The van der Waals surface area contributed by atoms with E-state index in [9.17, 15) is 5.11 Å². The molecule has 3 aliphatic heterocycles. The zero-order valence-corrected chi connectivity index (χ0v) is 10.0. The van der Waals surface area contributed by atoms with Crippen LogP contribution in [0.5, 0.6) is 0 Å². The lowest BCUT2D eigenvalue weighted by Crippen LogP contribution is -2.48. The van der Waals surface area contributed by atoms with E-state index in [1.807, 2.05) is 0 Å². The van der Waals surface area contributed by atoms with Crippen LogP contribution in [0, 0.1) is 11.8 Å². The first-order valence-corrected chi connectivity index (χ1v) is 7.50. The van der Waals surface area contributed by atoms with Gasteiger partial charge >= 0.3 is 0 Å². The van der Waals surface area contributed by atoms with Gasteiger partial charge in [-0.15, -0.1) is 0 Å². The summed E-state index contributed by atoms with van der Waals surface area (Å²) in [6.07, 6.45) is 6.21. The molecule has 0 radical (unpaired) electrons. The van der Waals surface area contributed by atoms with Crippen LogP contribution in [0.25, 0.3) is 0 Å². The lowest BCUT2D eigenvalue weighted by atomic mass is 9.82. The van der Waals surface area contributed by atoms with Crippen LogP contribution in [0.1, 0.15) is 32.1 Å². The molecule has 15 heavy (non-hydrogen) atoms. The minimum Gasteiger partial charge on any atom is -0.393 e. The molecule has 3 heterocycles. The summed E-state index contributed by atoms with van der Waals surface area (Å²) in [5.74, 6) is 4.11. The van der Waals surface area contributed by atoms with Gasteiger partial charge in [-0.3, -0.25) is 0 Å². The topological polar surface area (TPSA) is 32.3 Å². The van der Waals surface area contributed by atoms with Crippen molar-refractivity contribution in [2.45, 2.75) is 50.3 Å². The number of fused-ring (bicyclic) bond motifs is 2. The average Bonchev–Trinajstić information content (AvgIpc) is 2.82. The van der Waals surface area contributed by atoms with Crippen molar-refractivity contribution in [1.82, 2.24) is 5.32 Å². The molecule has 0 spiro atoms. The van der Waals surface area contributed by atoms with Crippen LogP contribution in [-0.4, -0.2) is 34.8 Å². The largest absolute Gasteiger partial charge is 0.393 e. The van der Waals surface area contributed by atoms with Crippen molar-refractivity contribution in [2.24, 2.45) is 11.8 Å². The Bertz CT molecular complexity index is 230. The quantitative estimate of drug-likeness (QED) is 0.752. The Labute approximate surface area is 96.2 Å². The van der Waals surface area contributed by atoms with E-state index >= 15 is 0 Å². The fourth-order valence-electron chi connectivity index (χ4n) is 3.58. The van der Waals surface area contributed by atoms with E-state index in [2.05, 4.69) is 17.1 Å². The van der Waals surface area contributed by atoms with Gasteiger partial charge in [0.25, 0.3) is 0 Å². The lowest BCUT2D eigenvalue weighted by molar-refractivity contribution is 0.0408. The maximum Gasteiger partial charge on any atom is 0.0598 e. The molecule has 0 aliphatic carbocycles. The summed E-state index contributed by atoms with van der Waals surface area (Å²) < 4.78 is 0. The van der Waals surface area contributed by atoms with Crippen LogP contribution >= 0.6 is 11.8 Å². The van der Waals surface area contributed by atoms with Crippen molar-refractivity contribution in [3.8, 4) is 0 Å². The van der Waals surface area contributed by atoms with Crippen molar-refractivity contribution >= 4 is 11.8 Å². The highest BCUT2D eigenvalue weighted by Gasteiger charge is 2.41. The van der Waals surface area contributed by atoms with E-state index in [0.717, 1.165) is 12.3 Å². The second kappa shape index (κ2) is 4.27. The predicted molar refractivity (Wildman–Crippen MR) is 64.1 cm³/mol. The molecule has 2 N–H and O–H groups in total. The summed E-state index contributed by atoms with van der Waals surface area (Å²) in [6.45, 7) is 0. The molecule has 0 saturated carbocycles. The molecule has 0 aromatic carbocycles. The molecule has 5 unspecified atom stereocenters. The zero-order valence-electron chi connectivity index (χ0n) is 9.19. The number of aliphatic hydroxyl groups excluding tert-OH is 1. The third-order valence-corrected chi connectivity index (χ3v) is 5.67. The number of nitrogens with one attached hydrogen (secondary N) is 1. The maximum atomic E-state index is 10.2. The van der Waals surface area contributed by atoms with Crippen LogP contribution in [0.4, 0.5) is 0 Å². The van der Waals surface area contributed by atoms with Gasteiger partial charge in [0.1, 0.15) is 0 Å². The molecule has 3 rings (SSSR count). The second-order valence-corrected chi connectivity index (χ2v) is 6.63. The van der Waals surface area contributed by atoms with Gasteiger partial charge in [-0.25, -0.2) is 0 Å². The summed E-state index contributed by atoms with van der Waals surface area (Å²) in [5, 5.41) is 13.8. The molecule has 2 nitrogen and oxygen atoms in total. The molecule has 86 valence electrons. The normalized spacial score (nSPS) is 49.8. The van der Waals surface area contributed by atoms with Crippen molar-refractivity contribution < 1.29 is 5.11 Å². The highest BCUT2D eigenvalue weighted by atomic mass is 32.2. The van der Waals surface area contributed by atoms with E-state index in [-0.39, 0.29) is 6.10 Å². The van der Waals surface area contributed by atoms with Crippen LogP contribution in [0.3, 0.4) is 0 Å². The highest BCUT2D eigenvalue weighted by Crippen LogP contribution is 2.38. The minimum absolute atomic E-state index is 0.0191. The molecule has 0 amide bonds. The number of hydrogen-bond acceptors (Lipinski definition) is 3. The van der Waals surface area contributed by atoms with Crippen molar-refractivity contribution in [1.29, 1.82) is 0 Å². The third kappa shape index (κ3) is 2.06. The molecule has 3 fully saturated rings. The Hall–Kier alpha value is 0.270. The Morgan fingerprint density at radius 1 is 1.27 bits per heavy atom. The summed E-state index contributed by atoms with van der Waals surface area (Å²) in [6, 6.07) is 1.25. The van der Waals surface area contributed by atoms with E-state index in [1.165, 1.54) is 37.2 Å². The van der Waals surface area contributed by atoms with Gasteiger partial charge in [-0.05, 0) is 49.5 Å². The summed E-state index contributed by atoms with van der Waals surface area (Å²) in [5.41, 5.74) is 0. The summed E-state index contributed by atoms with van der Waals surface area (Å²) in [4.78, 5) is 0. The zero-order chi connectivity index (χ0) is 10.3.